The molecule has 1 aromatic rings. The Morgan fingerprint density at radius 3 is 2.50 bits per heavy atom. The Morgan fingerprint density at radius 1 is 1.17 bits per heavy atom. The van der Waals surface area contributed by atoms with E-state index in [9.17, 15) is 0 Å². The molecule has 1 atom stereocenters. The predicted octanol–water partition coefficient (Wildman–Crippen LogP) is 3.92. The lowest BCUT2D eigenvalue weighted by molar-refractivity contribution is 0.289. The first-order valence-electron chi connectivity index (χ1n) is 7.09. The summed E-state index contributed by atoms with van der Waals surface area (Å²) in [6.07, 6.45) is 5.33. The van der Waals surface area contributed by atoms with Crippen molar-refractivity contribution in [2.45, 2.75) is 51.6 Å². The van der Waals surface area contributed by atoms with Crippen LogP contribution in [0.2, 0.25) is 0 Å². The molecule has 2 nitrogen and oxygen atoms in total. The molecule has 1 aliphatic carbocycles. The van der Waals surface area contributed by atoms with Gasteiger partial charge in [0, 0.05) is 17.6 Å². The molecule has 1 N–H and O–H groups in total. The largest absolute Gasteiger partial charge is 0.496 e. The van der Waals surface area contributed by atoms with Crippen molar-refractivity contribution in [3.63, 3.8) is 0 Å². The highest BCUT2D eigenvalue weighted by Gasteiger charge is 2.20. The number of rotatable bonds is 4. The number of para-hydroxylation sites is 1. The van der Waals surface area contributed by atoms with E-state index in [1.807, 2.05) is 12.1 Å². The van der Waals surface area contributed by atoms with Gasteiger partial charge in [-0.15, -0.1) is 0 Å². The van der Waals surface area contributed by atoms with Crippen LogP contribution in [0.1, 0.15) is 51.1 Å². The van der Waals surface area contributed by atoms with Gasteiger partial charge >= 0.3 is 0 Å². The van der Waals surface area contributed by atoms with E-state index in [1.54, 1.807) is 7.11 Å². The molecule has 2 heteroatoms. The van der Waals surface area contributed by atoms with Crippen molar-refractivity contribution in [2.75, 3.05) is 7.11 Å². The molecule has 1 aliphatic rings. The second-order valence-electron chi connectivity index (χ2n) is 5.59. The van der Waals surface area contributed by atoms with E-state index < -0.39 is 0 Å². The second kappa shape index (κ2) is 6.24. The summed E-state index contributed by atoms with van der Waals surface area (Å²) in [5.41, 5.74) is 1.26. The summed E-state index contributed by atoms with van der Waals surface area (Å²) in [7, 11) is 1.74. The molecule has 1 aromatic carbocycles. The van der Waals surface area contributed by atoms with Gasteiger partial charge in [-0.05, 0) is 44.6 Å². The lowest BCUT2D eigenvalue weighted by atomic mass is 9.87. The number of hydrogen-bond acceptors (Lipinski definition) is 2. The van der Waals surface area contributed by atoms with E-state index in [0.29, 0.717) is 12.1 Å². The smallest absolute Gasteiger partial charge is 0.123 e. The van der Waals surface area contributed by atoms with E-state index in [0.717, 1.165) is 11.7 Å². The van der Waals surface area contributed by atoms with Gasteiger partial charge in [-0.25, -0.2) is 0 Å². The standard InChI is InChI=1S/C16H25NO/c1-12-8-10-14(11-9-12)17-13(2)15-6-4-5-7-16(15)18-3/h4-7,12-14,17H,8-11H2,1-3H3/t12?,13-,14?/m1/s1. The summed E-state index contributed by atoms with van der Waals surface area (Å²) in [6.45, 7) is 4.59. The summed E-state index contributed by atoms with van der Waals surface area (Å²) in [5, 5.41) is 3.75. The predicted molar refractivity (Wildman–Crippen MR) is 76.0 cm³/mol. The van der Waals surface area contributed by atoms with Gasteiger partial charge in [0.25, 0.3) is 0 Å². The van der Waals surface area contributed by atoms with Crippen LogP contribution in [0.3, 0.4) is 0 Å². The third-order valence-corrected chi connectivity index (χ3v) is 4.11. The van der Waals surface area contributed by atoms with Crippen molar-refractivity contribution >= 4 is 0 Å². The van der Waals surface area contributed by atoms with Gasteiger partial charge in [0.05, 0.1) is 7.11 Å². The van der Waals surface area contributed by atoms with Crippen LogP contribution >= 0.6 is 0 Å². The molecule has 18 heavy (non-hydrogen) atoms. The molecular weight excluding hydrogens is 222 g/mol. The van der Waals surface area contributed by atoms with Crippen molar-refractivity contribution in [3.8, 4) is 5.75 Å². The van der Waals surface area contributed by atoms with Gasteiger partial charge in [-0.2, -0.15) is 0 Å². The third kappa shape index (κ3) is 3.26. The maximum atomic E-state index is 5.43. The normalized spacial score (nSPS) is 25.7. The molecule has 0 amide bonds. The first-order chi connectivity index (χ1) is 8.70. The fraction of sp³-hybridized carbons (Fsp3) is 0.625. The molecule has 100 valence electrons. The van der Waals surface area contributed by atoms with Crippen LogP contribution in [0.25, 0.3) is 0 Å². The van der Waals surface area contributed by atoms with Crippen LogP contribution in [0.4, 0.5) is 0 Å². The van der Waals surface area contributed by atoms with Crippen LogP contribution in [0.5, 0.6) is 5.75 Å². The fourth-order valence-electron chi connectivity index (χ4n) is 2.89. The molecule has 0 unspecified atom stereocenters. The SMILES string of the molecule is COc1ccccc1[C@@H](C)NC1CCC(C)CC1. The minimum Gasteiger partial charge on any atom is -0.496 e. The zero-order valence-electron chi connectivity index (χ0n) is 11.8. The molecule has 0 saturated heterocycles. The topological polar surface area (TPSA) is 21.3 Å². The first-order valence-corrected chi connectivity index (χ1v) is 7.09. The van der Waals surface area contributed by atoms with Crippen molar-refractivity contribution in [2.24, 2.45) is 5.92 Å². The fourth-order valence-corrected chi connectivity index (χ4v) is 2.89. The van der Waals surface area contributed by atoms with Crippen LogP contribution in [0.15, 0.2) is 24.3 Å². The quantitative estimate of drug-likeness (QED) is 0.870. The summed E-state index contributed by atoms with van der Waals surface area (Å²) in [4.78, 5) is 0. The molecule has 1 saturated carbocycles. The lowest BCUT2D eigenvalue weighted by Crippen LogP contribution is -2.34. The molecule has 0 spiro atoms. The Morgan fingerprint density at radius 2 is 1.83 bits per heavy atom. The number of nitrogens with one attached hydrogen (secondary N) is 1. The summed E-state index contributed by atoms with van der Waals surface area (Å²) in [6, 6.07) is 9.33. The van der Waals surface area contributed by atoms with Crippen molar-refractivity contribution in [1.82, 2.24) is 5.32 Å². The van der Waals surface area contributed by atoms with Crippen LogP contribution in [-0.4, -0.2) is 13.2 Å². The van der Waals surface area contributed by atoms with Gasteiger partial charge in [0.1, 0.15) is 5.75 Å². The summed E-state index contributed by atoms with van der Waals surface area (Å²) in [5.74, 6) is 1.89. The number of ether oxygens (including phenoxy) is 1. The van der Waals surface area contributed by atoms with E-state index in [4.69, 9.17) is 4.74 Å². The van der Waals surface area contributed by atoms with Gasteiger partial charge in [0.2, 0.25) is 0 Å². The van der Waals surface area contributed by atoms with E-state index in [-0.39, 0.29) is 0 Å². The van der Waals surface area contributed by atoms with Crippen LogP contribution in [0, 0.1) is 5.92 Å². The lowest BCUT2D eigenvalue weighted by Gasteiger charge is -2.30. The van der Waals surface area contributed by atoms with Gasteiger partial charge in [0.15, 0.2) is 0 Å². The zero-order chi connectivity index (χ0) is 13.0. The minimum atomic E-state index is 0.361. The second-order valence-corrected chi connectivity index (χ2v) is 5.59. The molecule has 0 bridgehead atoms. The Bertz CT molecular complexity index is 369. The van der Waals surface area contributed by atoms with E-state index in [2.05, 4.69) is 31.3 Å². The average Bonchev–Trinajstić information content (AvgIpc) is 2.41. The van der Waals surface area contributed by atoms with Gasteiger partial charge in [-0.3, -0.25) is 0 Å². The Hall–Kier alpha value is -1.02. The average molecular weight is 247 g/mol. The molecule has 0 heterocycles. The van der Waals surface area contributed by atoms with Crippen molar-refractivity contribution < 1.29 is 4.74 Å². The monoisotopic (exact) mass is 247 g/mol. The van der Waals surface area contributed by atoms with Gasteiger partial charge < -0.3 is 10.1 Å². The molecule has 0 aliphatic heterocycles. The van der Waals surface area contributed by atoms with Crippen LogP contribution < -0.4 is 10.1 Å². The zero-order valence-corrected chi connectivity index (χ0v) is 11.8. The summed E-state index contributed by atoms with van der Waals surface area (Å²) < 4.78 is 5.43. The molecule has 0 aromatic heterocycles. The third-order valence-electron chi connectivity index (χ3n) is 4.11. The van der Waals surface area contributed by atoms with Crippen LogP contribution in [-0.2, 0) is 0 Å². The Balaban J connectivity index is 1.96. The maximum absolute atomic E-state index is 5.43. The molecule has 0 radical (unpaired) electrons. The first kappa shape index (κ1) is 13.4. The molecule has 2 rings (SSSR count). The minimum absolute atomic E-state index is 0.361. The Kier molecular flexibility index (Phi) is 4.65. The highest BCUT2D eigenvalue weighted by molar-refractivity contribution is 5.35. The maximum Gasteiger partial charge on any atom is 0.123 e. The summed E-state index contributed by atoms with van der Waals surface area (Å²) >= 11 is 0. The molecular formula is C16H25NO. The number of benzene rings is 1. The Labute approximate surface area is 111 Å². The van der Waals surface area contributed by atoms with E-state index >= 15 is 0 Å². The highest BCUT2D eigenvalue weighted by Crippen LogP contribution is 2.28. The highest BCUT2D eigenvalue weighted by atomic mass is 16.5. The van der Waals surface area contributed by atoms with E-state index in [1.165, 1.54) is 31.2 Å². The van der Waals surface area contributed by atoms with Gasteiger partial charge in [-0.1, -0.05) is 25.1 Å². The number of hydrogen-bond donors (Lipinski definition) is 1. The number of methoxy groups -OCH3 is 1. The van der Waals surface area contributed by atoms with Crippen molar-refractivity contribution in [3.05, 3.63) is 29.8 Å². The molecule has 1 fully saturated rings. The van der Waals surface area contributed by atoms with Crippen molar-refractivity contribution in [1.29, 1.82) is 0 Å².